The van der Waals surface area contributed by atoms with Crippen LogP contribution in [0.5, 0.6) is 0 Å². The summed E-state index contributed by atoms with van der Waals surface area (Å²) in [6.07, 6.45) is 4.51. The van der Waals surface area contributed by atoms with Crippen LogP contribution in [0.25, 0.3) is 0 Å². The molecule has 0 radical (unpaired) electrons. The van der Waals surface area contributed by atoms with Crippen molar-refractivity contribution in [2.45, 2.75) is 11.7 Å². The molecule has 0 aliphatic carbocycles. The number of fused-ring (bicyclic) bond motifs is 5. The van der Waals surface area contributed by atoms with Gasteiger partial charge in [0.1, 0.15) is 11.7 Å². The average molecular weight is 342 g/mol. The zero-order valence-electron chi connectivity index (χ0n) is 11.8. The lowest BCUT2D eigenvalue weighted by Crippen LogP contribution is -2.36. The van der Waals surface area contributed by atoms with Gasteiger partial charge in [-0.1, -0.05) is 42.5 Å². The second-order valence-corrected chi connectivity index (χ2v) is 6.54. The molecule has 2 atom stereocenters. The van der Waals surface area contributed by atoms with Crippen molar-refractivity contribution in [1.29, 1.82) is 0 Å². The van der Waals surface area contributed by atoms with Gasteiger partial charge < -0.3 is 9.64 Å². The summed E-state index contributed by atoms with van der Waals surface area (Å²) in [4.78, 5) is 2.25. The Morgan fingerprint density at radius 3 is 2.76 bits per heavy atom. The molecule has 2 aliphatic rings. The van der Waals surface area contributed by atoms with Crippen LogP contribution in [0.4, 0.5) is 5.69 Å². The quantitative estimate of drug-likeness (QED) is 0.766. The molecular weight excluding hydrogens is 326 g/mol. The summed E-state index contributed by atoms with van der Waals surface area (Å²) < 4.78 is 7.40. The Bertz CT molecular complexity index is 727. The van der Waals surface area contributed by atoms with Gasteiger partial charge in [0.05, 0.1) is 12.2 Å². The predicted octanol–water partition coefficient (Wildman–Crippen LogP) is 4.42. The largest absolute Gasteiger partial charge is 0.370 e. The Labute approximate surface area is 133 Å². The van der Waals surface area contributed by atoms with Crippen LogP contribution in [-0.2, 0) is 10.3 Å². The first kappa shape index (κ1) is 13.1. The third-order valence-electron chi connectivity index (χ3n) is 4.34. The molecule has 2 aromatic carbocycles. The number of nitrogens with zero attached hydrogens (tertiary/aromatic N) is 1. The SMILES string of the molecule is CN(C[C@@]12C=C[C@@H](O1)c1ccccc12)c1ccccc1Br. The molecule has 2 aromatic rings. The Hall–Kier alpha value is -1.58. The van der Waals surface area contributed by atoms with Gasteiger partial charge in [-0.3, -0.25) is 0 Å². The highest BCUT2D eigenvalue weighted by atomic mass is 79.9. The summed E-state index contributed by atoms with van der Waals surface area (Å²) in [6.45, 7) is 0.805. The van der Waals surface area contributed by atoms with Crippen molar-refractivity contribution in [3.8, 4) is 0 Å². The Morgan fingerprint density at radius 1 is 1.14 bits per heavy atom. The first-order valence-corrected chi connectivity index (χ1v) is 7.91. The van der Waals surface area contributed by atoms with Crippen molar-refractivity contribution in [2.24, 2.45) is 0 Å². The fourth-order valence-corrected chi connectivity index (χ4v) is 3.96. The van der Waals surface area contributed by atoms with Gasteiger partial charge in [-0.15, -0.1) is 0 Å². The van der Waals surface area contributed by atoms with Crippen LogP contribution < -0.4 is 4.90 Å². The number of halogens is 1. The normalized spacial score (nSPS) is 25.1. The van der Waals surface area contributed by atoms with E-state index in [0.717, 1.165) is 11.0 Å². The van der Waals surface area contributed by atoms with Crippen LogP contribution in [-0.4, -0.2) is 13.6 Å². The number of ether oxygens (including phenoxy) is 1. The molecule has 0 spiro atoms. The number of anilines is 1. The van der Waals surface area contributed by atoms with Crippen LogP contribution in [0.15, 0.2) is 65.2 Å². The highest BCUT2D eigenvalue weighted by Gasteiger charge is 2.47. The number of rotatable bonds is 3. The lowest BCUT2D eigenvalue weighted by Gasteiger charge is -2.31. The molecule has 0 unspecified atom stereocenters. The van der Waals surface area contributed by atoms with Crippen LogP contribution in [0.1, 0.15) is 17.2 Å². The first-order valence-electron chi connectivity index (χ1n) is 7.12. The summed E-state index contributed by atoms with van der Waals surface area (Å²) in [5, 5.41) is 0. The summed E-state index contributed by atoms with van der Waals surface area (Å²) >= 11 is 3.63. The zero-order valence-corrected chi connectivity index (χ0v) is 13.4. The molecule has 2 bridgehead atoms. The predicted molar refractivity (Wildman–Crippen MR) is 88.5 cm³/mol. The number of benzene rings is 2. The van der Waals surface area contributed by atoms with E-state index >= 15 is 0 Å². The number of likely N-dealkylation sites (N-methyl/N-ethyl adjacent to an activating group) is 1. The molecule has 0 N–H and O–H groups in total. The van der Waals surface area contributed by atoms with Gasteiger partial charge in [0.25, 0.3) is 0 Å². The lowest BCUT2D eigenvalue weighted by atomic mass is 9.87. The second-order valence-electron chi connectivity index (χ2n) is 5.68. The molecule has 0 fully saturated rings. The van der Waals surface area contributed by atoms with Gasteiger partial charge in [0.2, 0.25) is 0 Å². The maximum absolute atomic E-state index is 6.29. The smallest absolute Gasteiger partial charge is 0.130 e. The minimum atomic E-state index is -0.314. The summed E-state index contributed by atoms with van der Waals surface area (Å²) in [5.41, 5.74) is 3.47. The van der Waals surface area contributed by atoms with E-state index in [1.54, 1.807) is 0 Å². The van der Waals surface area contributed by atoms with E-state index < -0.39 is 0 Å². The van der Waals surface area contributed by atoms with Crippen LogP contribution in [0, 0.1) is 0 Å². The molecule has 2 nitrogen and oxygen atoms in total. The fraction of sp³-hybridized carbons (Fsp3) is 0.222. The molecule has 3 heteroatoms. The molecule has 106 valence electrons. The van der Waals surface area contributed by atoms with Gasteiger partial charge in [0.15, 0.2) is 0 Å². The highest BCUT2D eigenvalue weighted by molar-refractivity contribution is 9.10. The molecule has 21 heavy (non-hydrogen) atoms. The molecule has 0 saturated carbocycles. The highest BCUT2D eigenvalue weighted by Crippen LogP contribution is 2.50. The van der Waals surface area contributed by atoms with Gasteiger partial charge in [-0.2, -0.15) is 0 Å². The molecule has 2 heterocycles. The molecule has 2 aliphatic heterocycles. The van der Waals surface area contributed by atoms with Crippen LogP contribution >= 0.6 is 15.9 Å². The zero-order chi connectivity index (χ0) is 14.4. The maximum Gasteiger partial charge on any atom is 0.130 e. The van der Waals surface area contributed by atoms with Gasteiger partial charge in [-0.05, 0) is 45.3 Å². The summed E-state index contributed by atoms with van der Waals surface area (Å²) in [5.74, 6) is 0. The van der Waals surface area contributed by atoms with Crippen molar-refractivity contribution < 1.29 is 4.74 Å². The molecule has 0 aromatic heterocycles. The van der Waals surface area contributed by atoms with E-state index in [1.165, 1.54) is 16.8 Å². The minimum Gasteiger partial charge on any atom is -0.370 e. The Balaban J connectivity index is 1.69. The summed E-state index contributed by atoms with van der Waals surface area (Å²) in [7, 11) is 2.11. The average Bonchev–Trinajstić information content (AvgIpc) is 3.05. The van der Waals surface area contributed by atoms with Crippen molar-refractivity contribution in [1.82, 2.24) is 0 Å². The summed E-state index contributed by atoms with van der Waals surface area (Å²) in [6, 6.07) is 16.8. The van der Waals surface area contributed by atoms with E-state index in [0.29, 0.717) is 0 Å². The van der Waals surface area contributed by atoms with E-state index in [1.807, 2.05) is 6.07 Å². The van der Waals surface area contributed by atoms with Gasteiger partial charge in [-0.25, -0.2) is 0 Å². The third-order valence-corrected chi connectivity index (χ3v) is 5.01. The fourth-order valence-electron chi connectivity index (χ4n) is 3.37. The standard InChI is InChI=1S/C18H16BrNO/c1-20(16-9-5-4-8-15(16)19)12-18-11-10-17(21-18)13-6-2-3-7-14(13)18/h2-11,17H,12H2,1H3/t17-,18-/m1/s1. The molecular formula is C18H16BrNO. The molecule has 4 rings (SSSR count). The van der Waals surface area contributed by atoms with Crippen molar-refractivity contribution >= 4 is 21.6 Å². The minimum absolute atomic E-state index is 0.119. The topological polar surface area (TPSA) is 12.5 Å². The monoisotopic (exact) mass is 341 g/mol. The van der Waals surface area contributed by atoms with Crippen LogP contribution in [0.2, 0.25) is 0 Å². The second kappa shape index (κ2) is 4.72. The van der Waals surface area contributed by atoms with E-state index in [4.69, 9.17) is 4.74 Å². The Morgan fingerprint density at radius 2 is 1.90 bits per heavy atom. The lowest BCUT2D eigenvalue weighted by molar-refractivity contribution is 0.00342. The van der Waals surface area contributed by atoms with Gasteiger partial charge in [0, 0.05) is 11.5 Å². The number of hydrogen-bond acceptors (Lipinski definition) is 2. The Kier molecular flexibility index (Phi) is 2.95. The molecule has 0 saturated heterocycles. The van der Waals surface area contributed by atoms with E-state index in [-0.39, 0.29) is 11.7 Å². The van der Waals surface area contributed by atoms with Crippen molar-refractivity contribution in [2.75, 3.05) is 18.5 Å². The van der Waals surface area contributed by atoms with Gasteiger partial charge >= 0.3 is 0 Å². The number of hydrogen-bond donors (Lipinski definition) is 0. The third kappa shape index (κ3) is 1.95. The van der Waals surface area contributed by atoms with E-state index in [2.05, 4.69) is 82.5 Å². The molecule has 0 amide bonds. The number of para-hydroxylation sites is 1. The maximum atomic E-state index is 6.29. The van der Waals surface area contributed by atoms with E-state index in [9.17, 15) is 0 Å². The van der Waals surface area contributed by atoms with Crippen molar-refractivity contribution in [3.63, 3.8) is 0 Å². The first-order chi connectivity index (χ1) is 10.2. The van der Waals surface area contributed by atoms with Crippen molar-refractivity contribution in [3.05, 3.63) is 76.3 Å². The van der Waals surface area contributed by atoms with Crippen LogP contribution in [0.3, 0.4) is 0 Å².